The third kappa shape index (κ3) is 3.44. The summed E-state index contributed by atoms with van der Waals surface area (Å²) in [6.07, 6.45) is 0.108. The van der Waals surface area contributed by atoms with Gasteiger partial charge in [0, 0.05) is 18.2 Å². The molecule has 0 unspecified atom stereocenters. The first-order chi connectivity index (χ1) is 8.62. The molecule has 0 spiro atoms. The van der Waals surface area contributed by atoms with Gasteiger partial charge in [-0.1, -0.05) is 6.07 Å². The molecule has 0 amide bonds. The van der Waals surface area contributed by atoms with Crippen molar-refractivity contribution in [3.05, 3.63) is 23.9 Å². The minimum absolute atomic E-state index is 0.108. The lowest BCUT2D eigenvalue weighted by Gasteiger charge is -2.12. The summed E-state index contributed by atoms with van der Waals surface area (Å²) in [5.74, 6) is -1.89. The third-order valence-electron chi connectivity index (χ3n) is 2.38. The van der Waals surface area contributed by atoms with Crippen LogP contribution in [-0.4, -0.2) is 38.3 Å². The molecule has 0 aliphatic rings. The van der Waals surface area contributed by atoms with Gasteiger partial charge in [0.2, 0.25) is 5.88 Å². The zero-order valence-corrected chi connectivity index (χ0v) is 10.5. The number of carbonyl (C=O) groups excluding carboxylic acids is 2. The number of nitrogens with zero attached hydrogens (tertiary/aromatic N) is 1. The normalized spacial score (nSPS) is 10.0. The first kappa shape index (κ1) is 14.0. The van der Waals surface area contributed by atoms with E-state index in [0.29, 0.717) is 11.6 Å². The van der Waals surface area contributed by atoms with Gasteiger partial charge in [0.05, 0.1) is 21.3 Å². The van der Waals surface area contributed by atoms with E-state index in [1.54, 1.807) is 18.2 Å². The lowest BCUT2D eigenvalue weighted by molar-refractivity contribution is -0.158. The second-order valence-electron chi connectivity index (χ2n) is 3.47. The average molecular weight is 253 g/mol. The second kappa shape index (κ2) is 6.58. The first-order valence-corrected chi connectivity index (χ1v) is 5.28. The Balaban J connectivity index is 2.88. The number of hydrogen-bond donors (Lipinski definition) is 0. The van der Waals surface area contributed by atoms with E-state index in [2.05, 4.69) is 14.5 Å². The zero-order chi connectivity index (χ0) is 13.5. The van der Waals surface area contributed by atoms with Crippen LogP contribution in [0.1, 0.15) is 5.69 Å². The quantitative estimate of drug-likeness (QED) is 0.565. The predicted octanol–water partition coefficient (Wildman–Crippen LogP) is 0.595. The fourth-order valence-corrected chi connectivity index (χ4v) is 1.44. The molecule has 0 aromatic carbocycles. The van der Waals surface area contributed by atoms with Crippen molar-refractivity contribution in [3.8, 4) is 5.88 Å². The van der Waals surface area contributed by atoms with Crippen LogP contribution in [0, 0.1) is 5.92 Å². The molecule has 1 aromatic rings. The van der Waals surface area contributed by atoms with Gasteiger partial charge in [-0.15, -0.1) is 0 Å². The monoisotopic (exact) mass is 253 g/mol. The highest BCUT2D eigenvalue weighted by molar-refractivity contribution is 5.95. The van der Waals surface area contributed by atoms with E-state index in [0.717, 1.165) is 0 Å². The van der Waals surface area contributed by atoms with E-state index in [1.807, 2.05) is 0 Å². The molecule has 1 rings (SSSR count). The Morgan fingerprint density at radius 3 is 2.28 bits per heavy atom. The Bertz CT molecular complexity index is 416. The van der Waals surface area contributed by atoms with E-state index in [4.69, 9.17) is 4.74 Å². The van der Waals surface area contributed by atoms with Crippen molar-refractivity contribution >= 4 is 11.9 Å². The van der Waals surface area contributed by atoms with Crippen LogP contribution in [0.2, 0.25) is 0 Å². The Morgan fingerprint density at radius 1 is 1.17 bits per heavy atom. The van der Waals surface area contributed by atoms with Crippen LogP contribution in [0.15, 0.2) is 18.2 Å². The van der Waals surface area contributed by atoms with Crippen molar-refractivity contribution in [2.45, 2.75) is 6.42 Å². The number of carbonyl (C=O) groups is 2. The predicted molar refractivity (Wildman–Crippen MR) is 62.0 cm³/mol. The van der Waals surface area contributed by atoms with Crippen LogP contribution >= 0.6 is 0 Å². The summed E-state index contributed by atoms with van der Waals surface area (Å²) in [4.78, 5) is 27.1. The summed E-state index contributed by atoms with van der Waals surface area (Å²) in [7, 11) is 3.93. The van der Waals surface area contributed by atoms with Crippen molar-refractivity contribution in [1.82, 2.24) is 4.98 Å². The average Bonchev–Trinajstić information content (AvgIpc) is 2.43. The summed E-state index contributed by atoms with van der Waals surface area (Å²) in [5, 5.41) is 0. The number of ether oxygens (including phenoxy) is 3. The fourth-order valence-electron chi connectivity index (χ4n) is 1.44. The number of aromatic nitrogens is 1. The standard InChI is InChI=1S/C12H15NO5/c1-16-10-6-4-5-8(13-10)7-9(11(14)17-2)12(15)18-3/h4-6,9H,7H2,1-3H3. The molecular formula is C12H15NO5. The van der Waals surface area contributed by atoms with E-state index in [9.17, 15) is 9.59 Å². The molecule has 0 aliphatic carbocycles. The maximum atomic E-state index is 11.5. The molecule has 0 saturated heterocycles. The van der Waals surface area contributed by atoms with Gasteiger partial charge in [-0.05, 0) is 6.07 Å². The Kier molecular flexibility index (Phi) is 5.10. The largest absolute Gasteiger partial charge is 0.481 e. The van der Waals surface area contributed by atoms with Crippen molar-refractivity contribution < 1.29 is 23.8 Å². The van der Waals surface area contributed by atoms with Crippen LogP contribution in [0.3, 0.4) is 0 Å². The lowest BCUT2D eigenvalue weighted by atomic mass is 10.0. The van der Waals surface area contributed by atoms with Crippen molar-refractivity contribution in [2.75, 3.05) is 21.3 Å². The van der Waals surface area contributed by atoms with E-state index in [1.165, 1.54) is 21.3 Å². The first-order valence-electron chi connectivity index (χ1n) is 5.28. The van der Waals surface area contributed by atoms with E-state index < -0.39 is 17.9 Å². The van der Waals surface area contributed by atoms with Crippen LogP contribution in [0.5, 0.6) is 5.88 Å². The van der Waals surface area contributed by atoms with Gasteiger partial charge >= 0.3 is 11.9 Å². The maximum Gasteiger partial charge on any atom is 0.320 e. The molecule has 1 aromatic heterocycles. The molecule has 0 fully saturated rings. The summed E-state index contributed by atoms with van der Waals surface area (Å²) < 4.78 is 14.1. The molecule has 0 N–H and O–H groups in total. The van der Waals surface area contributed by atoms with Crippen molar-refractivity contribution in [1.29, 1.82) is 0 Å². The minimum atomic E-state index is -1.01. The zero-order valence-electron chi connectivity index (χ0n) is 10.5. The van der Waals surface area contributed by atoms with Crippen molar-refractivity contribution in [3.63, 3.8) is 0 Å². The third-order valence-corrected chi connectivity index (χ3v) is 2.38. The van der Waals surface area contributed by atoms with E-state index >= 15 is 0 Å². The highest BCUT2D eigenvalue weighted by atomic mass is 16.5. The maximum absolute atomic E-state index is 11.5. The van der Waals surface area contributed by atoms with Crippen LogP contribution in [0.4, 0.5) is 0 Å². The lowest BCUT2D eigenvalue weighted by Crippen LogP contribution is -2.28. The summed E-state index contributed by atoms with van der Waals surface area (Å²) in [5.41, 5.74) is 0.551. The molecule has 0 saturated carbocycles. The van der Waals surface area contributed by atoms with Crippen LogP contribution in [0.25, 0.3) is 0 Å². The number of methoxy groups -OCH3 is 3. The molecule has 1 heterocycles. The van der Waals surface area contributed by atoms with E-state index in [-0.39, 0.29) is 6.42 Å². The smallest absolute Gasteiger partial charge is 0.320 e. The summed E-state index contributed by atoms with van der Waals surface area (Å²) >= 11 is 0. The number of rotatable bonds is 5. The summed E-state index contributed by atoms with van der Waals surface area (Å²) in [6, 6.07) is 5.10. The molecule has 6 heteroatoms. The summed E-state index contributed by atoms with van der Waals surface area (Å²) in [6.45, 7) is 0. The van der Waals surface area contributed by atoms with Crippen molar-refractivity contribution in [2.24, 2.45) is 5.92 Å². The highest BCUT2D eigenvalue weighted by Gasteiger charge is 2.29. The van der Waals surface area contributed by atoms with Gasteiger partial charge in [0.1, 0.15) is 0 Å². The molecule has 0 bridgehead atoms. The number of pyridine rings is 1. The number of esters is 2. The molecule has 18 heavy (non-hydrogen) atoms. The highest BCUT2D eigenvalue weighted by Crippen LogP contribution is 2.13. The molecule has 0 aliphatic heterocycles. The molecule has 6 nitrogen and oxygen atoms in total. The molecule has 0 radical (unpaired) electrons. The molecular weight excluding hydrogens is 238 g/mol. The van der Waals surface area contributed by atoms with Crippen LogP contribution < -0.4 is 4.74 Å². The topological polar surface area (TPSA) is 74.7 Å². The molecule has 98 valence electrons. The Morgan fingerprint density at radius 2 is 1.78 bits per heavy atom. The Labute approximate surface area is 105 Å². The second-order valence-corrected chi connectivity index (χ2v) is 3.47. The van der Waals surface area contributed by atoms with Gasteiger partial charge in [-0.25, -0.2) is 4.98 Å². The number of hydrogen-bond acceptors (Lipinski definition) is 6. The van der Waals surface area contributed by atoms with Gasteiger partial charge < -0.3 is 14.2 Å². The fraction of sp³-hybridized carbons (Fsp3) is 0.417. The Hall–Kier alpha value is -2.11. The van der Waals surface area contributed by atoms with Gasteiger partial charge in [0.15, 0.2) is 5.92 Å². The van der Waals surface area contributed by atoms with Gasteiger partial charge in [-0.3, -0.25) is 9.59 Å². The van der Waals surface area contributed by atoms with Gasteiger partial charge in [-0.2, -0.15) is 0 Å². The minimum Gasteiger partial charge on any atom is -0.481 e. The van der Waals surface area contributed by atoms with Crippen LogP contribution in [-0.2, 0) is 25.5 Å². The molecule has 0 atom stereocenters. The van der Waals surface area contributed by atoms with Gasteiger partial charge in [0.25, 0.3) is 0 Å². The SMILES string of the molecule is COC(=O)C(Cc1cccc(OC)n1)C(=O)OC.